The second-order valence-corrected chi connectivity index (χ2v) is 12.8. The highest BCUT2D eigenvalue weighted by molar-refractivity contribution is 6.19. The highest BCUT2D eigenvalue weighted by atomic mass is 16.5. The van der Waals surface area contributed by atoms with Crippen LogP contribution in [-0.2, 0) is 24.1 Å². The molecule has 9 nitrogen and oxygen atoms in total. The molecule has 0 fully saturated rings. The molecule has 1 heterocycles. The van der Waals surface area contributed by atoms with Crippen LogP contribution in [0.2, 0.25) is 0 Å². The maximum atomic E-state index is 13.8. The molecule has 5 rings (SSSR count). The summed E-state index contributed by atoms with van der Waals surface area (Å²) in [4.78, 5) is 44.8. The summed E-state index contributed by atoms with van der Waals surface area (Å²) in [6.45, 7) is 7.00. The van der Waals surface area contributed by atoms with Crippen molar-refractivity contribution in [3.8, 4) is 0 Å². The lowest BCUT2D eigenvalue weighted by Gasteiger charge is -2.30. The molecule has 0 aliphatic carbocycles. The zero-order chi connectivity index (χ0) is 36.2. The highest BCUT2D eigenvalue weighted by Crippen LogP contribution is 2.28. The number of aromatic nitrogens is 1. The number of anilines is 2. The summed E-state index contributed by atoms with van der Waals surface area (Å²) in [6, 6.07) is 31.1. The van der Waals surface area contributed by atoms with E-state index in [1.807, 2.05) is 79.8 Å². The zero-order valence-electron chi connectivity index (χ0n) is 30.1. The third-order valence-corrected chi connectivity index (χ3v) is 9.37. The van der Waals surface area contributed by atoms with Crippen LogP contribution >= 0.6 is 0 Å². The number of fused-ring (bicyclic) bond motifs is 1. The van der Waals surface area contributed by atoms with Gasteiger partial charge in [0.15, 0.2) is 0 Å². The largest absolute Gasteiger partial charge is 0.465 e. The molecule has 2 amide bonds. The lowest BCUT2D eigenvalue weighted by Crippen LogP contribution is -2.38. The van der Waals surface area contributed by atoms with Gasteiger partial charge in [0.1, 0.15) is 5.82 Å². The Hall–Kier alpha value is -5.25. The Morgan fingerprint density at radius 3 is 2.12 bits per heavy atom. The molecule has 5 aromatic rings. The number of carbonyl (C=O) groups excluding carboxylic acids is 3. The van der Waals surface area contributed by atoms with Crippen LogP contribution in [0.5, 0.6) is 0 Å². The molecule has 51 heavy (non-hydrogen) atoms. The molecule has 266 valence electrons. The van der Waals surface area contributed by atoms with Crippen molar-refractivity contribution in [1.29, 1.82) is 0 Å². The van der Waals surface area contributed by atoms with E-state index in [9.17, 15) is 14.4 Å². The van der Waals surface area contributed by atoms with Crippen LogP contribution < -0.4 is 16.0 Å². The molecular weight excluding hydrogens is 638 g/mol. The number of benzene rings is 4. The van der Waals surface area contributed by atoms with Crippen molar-refractivity contribution in [3.05, 3.63) is 130 Å². The minimum absolute atomic E-state index is 0.287. The van der Waals surface area contributed by atoms with E-state index in [1.54, 1.807) is 18.2 Å². The van der Waals surface area contributed by atoms with Gasteiger partial charge < -0.3 is 25.7 Å². The molecule has 0 saturated heterocycles. The van der Waals surface area contributed by atoms with Gasteiger partial charge in [0.05, 0.1) is 18.2 Å². The molecule has 0 unspecified atom stereocenters. The number of methoxy groups -OCH3 is 1. The number of esters is 1. The van der Waals surface area contributed by atoms with Gasteiger partial charge in [-0.3, -0.25) is 14.5 Å². The zero-order valence-corrected chi connectivity index (χ0v) is 30.1. The van der Waals surface area contributed by atoms with Gasteiger partial charge in [-0.05, 0) is 98.3 Å². The Morgan fingerprint density at radius 1 is 0.765 bits per heavy atom. The molecule has 0 spiro atoms. The number of hydrogen-bond donors (Lipinski definition) is 4. The van der Waals surface area contributed by atoms with Gasteiger partial charge >= 0.3 is 5.97 Å². The fourth-order valence-electron chi connectivity index (χ4n) is 6.52. The first-order chi connectivity index (χ1) is 24.8. The Balaban J connectivity index is 1.24. The van der Waals surface area contributed by atoms with E-state index in [2.05, 4.69) is 45.7 Å². The maximum Gasteiger partial charge on any atom is 0.337 e. The number of aromatic amines is 1. The van der Waals surface area contributed by atoms with Gasteiger partial charge in [0, 0.05) is 47.8 Å². The molecule has 4 aromatic carbocycles. The number of H-pyrrole nitrogens is 1. The average Bonchev–Trinajstić information content (AvgIpc) is 3.52. The van der Waals surface area contributed by atoms with Gasteiger partial charge in [-0.15, -0.1) is 0 Å². The van der Waals surface area contributed by atoms with Crippen LogP contribution in [0.3, 0.4) is 0 Å². The number of nitrogens with one attached hydrogen (secondary N) is 4. The first kappa shape index (κ1) is 37.0. The summed E-state index contributed by atoms with van der Waals surface area (Å²) in [7, 11) is 3.34. The van der Waals surface area contributed by atoms with E-state index in [1.165, 1.54) is 7.11 Å². The number of para-hydroxylation sites is 1. The number of aryl methyl sites for hydroxylation is 2. The third-order valence-electron chi connectivity index (χ3n) is 9.37. The summed E-state index contributed by atoms with van der Waals surface area (Å²) < 4.78 is 4.77. The number of rotatable bonds is 17. The monoisotopic (exact) mass is 687 g/mol. The summed E-state index contributed by atoms with van der Waals surface area (Å²) in [6.07, 6.45) is 4.82. The second kappa shape index (κ2) is 18.1. The minimum atomic E-state index is -0.337. The topological polar surface area (TPSA) is 116 Å². The molecule has 1 aromatic heterocycles. The van der Waals surface area contributed by atoms with Crippen LogP contribution in [0.4, 0.5) is 11.5 Å². The van der Waals surface area contributed by atoms with E-state index >= 15 is 0 Å². The van der Waals surface area contributed by atoms with Crippen molar-refractivity contribution < 1.29 is 19.1 Å². The predicted octanol–water partition coefficient (Wildman–Crippen LogP) is 7.84. The van der Waals surface area contributed by atoms with Crippen molar-refractivity contribution in [2.24, 2.45) is 0 Å². The highest BCUT2D eigenvalue weighted by Gasteiger charge is 2.22. The Bertz CT molecular complexity index is 1910. The number of nitrogens with zero attached hydrogens (tertiary/aromatic N) is 1. The number of hydrogen-bond acceptors (Lipinski definition) is 6. The second-order valence-electron chi connectivity index (χ2n) is 12.8. The minimum Gasteiger partial charge on any atom is -0.465 e. The molecule has 0 saturated carbocycles. The SMILES string of the molecule is CCC(CC)N(CCNC)Cc1cccc(C(=O)Nc2[nH]c3ccccc3c2C(=O)Nc2ccc(CCCc3ccc(C(=O)OC)cc3)cc2)c1. The molecule has 0 aliphatic rings. The lowest BCUT2D eigenvalue weighted by molar-refractivity contribution is 0.0600. The van der Waals surface area contributed by atoms with Crippen molar-refractivity contribution in [2.75, 3.05) is 37.9 Å². The van der Waals surface area contributed by atoms with Crippen LogP contribution in [0.15, 0.2) is 97.1 Å². The third kappa shape index (κ3) is 9.72. The van der Waals surface area contributed by atoms with Gasteiger partial charge in [0.2, 0.25) is 0 Å². The first-order valence-electron chi connectivity index (χ1n) is 17.8. The number of likely N-dealkylation sites (N-methyl/N-ethyl adjacent to an activating group) is 1. The van der Waals surface area contributed by atoms with E-state index in [4.69, 9.17) is 4.74 Å². The summed E-state index contributed by atoms with van der Waals surface area (Å²) >= 11 is 0. The van der Waals surface area contributed by atoms with Crippen molar-refractivity contribution in [3.63, 3.8) is 0 Å². The van der Waals surface area contributed by atoms with Crippen molar-refractivity contribution >= 4 is 40.2 Å². The van der Waals surface area contributed by atoms with Gasteiger partial charge in [0.25, 0.3) is 11.8 Å². The molecule has 0 aliphatic heterocycles. The first-order valence-corrected chi connectivity index (χ1v) is 17.8. The smallest absolute Gasteiger partial charge is 0.337 e. The molecule has 4 N–H and O–H groups in total. The standard InChI is InChI=1S/C42H49N5O4/c1-5-35(6-2)47(26-25-43-3)28-31-13-10-14-33(27-31)40(48)46-39-38(36-15-7-8-16-37(36)45-39)41(49)44-34-23-19-30(20-24-34)12-9-11-29-17-21-32(22-18-29)42(50)51-4/h7-8,10,13-24,27,35,43,45H,5-6,9,11-12,25-26,28H2,1-4H3,(H,44,49)(H,46,48). The predicted molar refractivity (Wildman–Crippen MR) is 206 cm³/mol. The van der Waals surface area contributed by atoms with Gasteiger partial charge in [-0.1, -0.05) is 68.4 Å². The van der Waals surface area contributed by atoms with E-state index < -0.39 is 0 Å². The van der Waals surface area contributed by atoms with Crippen molar-refractivity contribution in [1.82, 2.24) is 15.2 Å². The lowest BCUT2D eigenvalue weighted by atomic mass is 10.0. The Labute approximate surface area is 300 Å². The summed E-state index contributed by atoms with van der Waals surface area (Å²) in [5.74, 6) is -0.584. The van der Waals surface area contributed by atoms with Crippen LogP contribution in [-0.4, -0.2) is 61.0 Å². The summed E-state index contributed by atoms with van der Waals surface area (Å²) in [5, 5.41) is 10.0. The van der Waals surface area contributed by atoms with E-state index in [-0.39, 0.29) is 17.8 Å². The van der Waals surface area contributed by atoms with Crippen LogP contribution in [0, 0.1) is 0 Å². The fourth-order valence-corrected chi connectivity index (χ4v) is 6.52. The quantitative estimate of drug-likeness (QED) is 0.0741. The van der Waals surface area contributed by atoms with Crippen LogP contribution in [0.1, 0.15) is 80.9 Å². The molecular formula is C42H49N5O4. The molecule has 9 heteroatoms. The molecule has 0 radical (unpaired) electrons. The summed E-state index contributed by atoms with van der Waals surface area (Å²) in [5.41, 5.74) is 6.26. The Kier molecular flexibility index (Phi) is 13.2. The van der Waals surface area contributed by atoms with Crippen LogP contribution in [0.25, 0.3) is 10.9 Å². The van der Waals surface area contributed by atoms with E-state index in [0.717, 1.165) is 79.3 Å². The molecule has 0 bridgehead atoms. The van der Waals surface area contributed by atoms with Gasteiger partial charge in [-0.25, -0.2) is 4.79 Å². The molecule has 0 atom stereocenters. The van der Waals surface area contributed by atoms with E-state index in [0.29, 0.717) is 34.2 Å². The number of ether oxygens (including phenoxy) is 1. The number of carbonyl (C=O) groups is 3. The number of amides is 2. The van der Waals surface area contributed by atoms with Crippen molar-refractivity contribution in [2.45, 2.75) is 58.5 Å². The normalized spacial score (nSPS) is 11.3. The average molecular weight is 688 g/mol. The fraction of sp³-hybridized carbons (Fsp3) is 0.310. The Morgan fingerprint density at radius 2 is 1.45 bits per heavy atom. The van der Waals surface area contributed by atoms with Gasteiger partial charge in [-0.2, -0.15) is 0 Å². The maximum absolute atomic E-state index is 13.8.